The summed E-state index contributed by atoms with van der Waals surface area (Å²) in [6, 6.07) is 9.30. The number of rotatable bonds is 11. The summed E-state index contributed by atoms with van der Waals surface area (Å²) in [6.07, 6.45) is 0. The third-order valence-corrected chi connectivity index (χ3v) is 2.51. The van der Waals surface area contributed by atoms with Crippen LogP contribution in [-0.2, 0) is 14.3 Å². The maximum atomic E-state index is 10.6. The Hall–Kier alpha value is -2.12. The summed E-state index contributed by atoms with van der Waals surface area (Å²) in [6.45, 7) is 0.569. The molecule has 0 spiro atoms. The van der Waals surface area contributed by atoms with Gasteiger partial charge in [0, 0.05) is 6.54 Å². The van der Waals surface area contributed by atoms with E-state index in [0.717, 1.165) is 5.75 Å². The van der Waals surface area contributed by atoms with Gasteiger partial charge in [-0.1, -0.05) is 18.2 Å². The van der Waals surface area contributed by atoms with Crippen LogP contribution >= 0.6 is 0 Å². The van der Waals surface area contributed by atoms with Crippen molar-refractivity contribution in [1.82, 2.24) is 4.90 Å². The molecule has 0 aliphatic rings. The molecule has 0 fully saturated rings. The third kappa shape index (κ3) is 8.61. The van der Waals surface area contributed by atoms with Crippen LogP contribution in [0.3, 0.4) is 0 Å². The lowest BCUT2D eigenvalue weighted by molar-refractivity contribution is -0.142. The Kier molecular flexibility index (Phi) is 7.85. The number of para-hydroxylation sites is 1. The van der Waals surface area contributed by atoms with E-state index in [-0.39, 0.29) is 26.2 Å². The Morgan fingerprint density at radius 3 is 2.14 bits per heavy atom. The summed E-state index contributed by atoms with van der Waals surface area (Å²) >= 11 is 0. The van der Waals surface area contributed by atoms with Gasteiger partial charge in [-0.25, -0.2) is 0 Å². The van der Waals surface area contributed by atoms with Gasteiger partial charge in [0.2, 0.25) is 0 Å². The van der Waals surface area contributed by atoms with Gasteiger partial charge in [-0.2, -0.15) is 0 Å². The van der Waals surface area contributed by atoms with Crippen LogP contribution in [0.15, 0.2) is 30.3 Å². The van der Waals surface area contributed by atoms with Crippen LogP contribution in [0.1, 0.15) is 0 Å². The Balaban J connectivity index is 2.13. The smallest absolute Gasteiger partial charge is 0.317 e. The van der Waals surface area contributed by atoms with Crippen LogP contribution in [0.4, 0.5) is 0 Å². The molecule has 0 heterocycles. The molecular weight excluding hydrogens is 278 g/mol. The van der Waals surface area contributed by atoms with E-state index >= 15 is 0 Å². The number of carbonyl (C=O) groups is 2. The van der Waals surface area contributed by atoms with Crippen LogP contribution in [0.25, 0.3) is 0 Å². The zero-order chi connectivity index (χ0) is 15.5. The number of nitrogens with zero attached hydrogens (tertiary/aromatic N) is 1. The molecule has 1 aromatic carbocycles. The molecule has 0 radical (unpaired) electrons. The number of benzene rings is 1. The maximum Gasteiger partial charge on any atom is 0.317 e. The first-order chi connectivity index (χ1) is 10.1. The second-order valence-electron chi connectivity index (χ2n) is 4.27. The second kappa shape index (κ2) is 9.73. The lowest BCUT2D eigenvalue weighted by Gasteiger charge is -2.17. The summed E-state index contributed by atoms with van der Waals surface area (Å²) in [5, 5.41) is 17.3. The molecule has 0 aromatic heterocycles. The van der Waals surface area contributed by atoms with Gasteiger partial charge in [0.15, 0.2) is 0 Å². The Morgan fingerprint density at radius 2 is 1.57 bits per heavy atom. The molecule has 0 saturated heterocycles. The molecule has 0 bridgehead atoms. The second-order valence-corrected chi connectivity index (χ2v) is 4.27. The molecule has 1 rings (SSSR count). The highest BCUT2D eigenvalue weighted by Gasteiger charge is 2.12. The van der Waals surface area contributed by atoms with Crippen LogP contribution in [0.5, 0.6) is 5.75 Å². The minimum atomic E-state index is -1.07. The molecule has 1 aromatic rings. The van der Waals surface area contributed by atoms with Gasteiger partial charge in [-0.3, -0.25) is 14.5 Å². The summed E-state index contributed by atoms with van der Waals surface area (Å²) < 4.78 is 10.7. The van der Waals surface area contributed by atoms with Crippen molar-refractivity contribution in [1.29, 1.82) is 0 Å². The summed E-state index contributed by atoms with van der Waals surface area (Å²) in [7, 11) is 0. The third-order valence-electron chi connectivity index (χ3n) is 2.51. The first-order valence-electron chi connectivity index (χ1n) is 6.49. The topological polar surface area (TPSA) is 96.3 Å². The molecule has 0 aliphatic carbocycles. The van der Waals surface area contributed by atoms with Crippen molar-refractivity contribution in [3.63, 3.8) is 0 Å². The van der Waals surface area contributed by atoms with E-state index in [9.17, 15) is 9.59 Å². The van der Waals surface area contributed by atoms with E-state index in [4.69, 9.17) is 19.7 Å². The van der Waals surface area contributed by atoms with E-state index < -0.39 is 11.9 Å². The monoisotopic (exact) mass is 297 g/mol. The average molecular weight is 297 g/mol. The highest BCUT2D eigenvalue weighted by molar-refractivity contribution is 5.72. The summed E-state index contributed by atoms with van der Waals surface area (Å²) in [4.78, 5) is 22.5. The number of carboxylic acid groups (broad SMARTS) is 2. The molecule has 7 nitrogen and oxygen atoms in total. The first-order valence-corrected chi connectivity index (χ1v) is 6.49. The number of hydrogen-bond donors (Lipinski definition) is 2. The number of hydrogen-bond acceptors (Lipinski definition) is 5. The van der Waals surface area contributed by atoms with Crippen molar-refractivity contribution in [3.05, 3.63) is 30.3 Å². The zero-order valence-corrected chi connectivity index (χ0v) is 11.6. The maximum absolute atomic E-state index is 10.6. The van der Waals surface area contributed by atoms with E-state index in [0.29, 0.717) is 13.2 Å². The molecule has 0 amide bonds. The fraction of sp³-hybridized carbons (Fsp3) is 0.429. The Morgan fingerprint density at radius 1 is 0.952 bits per heavy atom. The van der Waals surface area contributed by atoms with Gasteiger partial charge in [0.1, 0.15) is 12.4 Å². The molecular formula is C14H19NO6. The molecule has 0 saturated carbocycles. The first kappa shape index (κ1) is 16.9. The molecule has 21 heavy (non-hydrogen) atoms. The van der Waals surface area contributed by atoms with Crippen molar-refractivity contribution in [2.75, 3.05) is 39.5 Å². The van der Waals surface area contributed by atoms with Crippen molar-refractivity contribution in [2.45, 2.75) is 0 Å². The lowest BCUT2D eigenvalue weighted by Crippen LogP contribution is -2.37. The highest BCUT2D eigenvalue weighted by Crippen LogP contribution is 2.07. The minimum Gasteiger partial charge on any atom is -0.491 e. The van der Waals surface area contributed by atoms with E-state index in [2.05, 4.69) is 0 Å². The number of aliphatic carboxylic acids is 2. The average Bonchev–Trinajstić information content (AvgIpc) is 2.42. The lowest BCUT2D eigenvalue weighted by atomic mass is 10.3. The van der Waals surface area contributed by atoms with Crippen molar-refractivity contribution in [2.24, 2.45) is 0 Å². The van der Waals surface area contributed by atoms with Crippen LogP contribution in [-0.4, -0.2) is 66.5 Å². The molecule has 0 aliphatic heterocycles. The number of ether oxygens (including phenoxy) is 2. The fourth-order valence-electron chi connectivity index (χ4n) is 1.63. The van der Waals surface area contributed by atoms with Gasteiger partial charge >= 0.3 is 11.9 Å². The molecule has 116 valence electrons. The van der Waals surface area contributed by atoms with Gasteiger partial charge in [0.05, 0.1) is 26.3 Å². The van der Waals surface area contributed by atoms with Gasteiger partial charge < -0.3 is 19.7 Å². The van der Waals surface area contributed by atoms with Gasteiger partial charge in [-0.15, -0.1) is 0 Å². The van der Waals surface area contributed by atoms with Gasteiger partial charge in [-0.05, 0) is 12.1 Å². The standard InChI is InChI=1S/C14H19NO6/c16-13(17)10-15(11-14(18)19)6-7-20-8-9-21-12-4-2-1-3-5-12/h1-5H,6-11H2,(H,16,17)(H,18,19). The van der Waals surface area contributed by atoms with Crippen molar-refractivity contribution >= 4 is 11.9 Å². The van der Waals surface area contributed by atoms with Crippen molar-refractivity contribution in [3.8, 4) is 5.75 Å². The van der Waals surface area contributed by atoms with Crippen molar-refractivity contribution < 1.29 is 29.3 Å². The quantitative estimate of drug-likeness (QED) is 0.576. The predicted molar refractivity (Wildman–Crippen MR) is 74.5 cm³/mol. The molecule has 7 heteroatoms. The predicted octanol–water partition coefficient (Wildman–Crippen LogP) is 0.553. The van der Waals surface area contributed by atoms with E-state index in [1.54, 1.807) is 0 Å². The molecule has 0 atom stereocenters. The van der Waals surface area contributed by atoms with E-state index in [1.807, 2.05) is 30.3 Å². The minimum absolute atomic E-state index is 0.240. The van der Waals surface area contributed by atoms with Gasteiger partial charge in [0.25, 0.3) is 0 Å². The fourth-order valence-corrected chi connectivity index (χ4v) is 1.63. The number of carboxylic acids is 2. The van der Waals surface area contributed by atoms with E-state index in [1.165, 1.54) is 4.90 Å². The van der Waals surface area contributed by atoms with Crippen LogP contribution in [0.2, 0.25) is 0 Å². The van der Waals surface area contributed by atoms with Crippen LogP contribution < -0.4 is 4.74 Å². The zero-order valence-electron chi connectivity index (χ0n) is 11.6. The van der Waals surface area contributed by atoms with Crippen LogP contribution in [0, 0.1) is 0 Å². The summed E-state index contributed by atoms with van der Waals surface area (Å²) in [5.41, 5.74) is 0. The summed E-state index contributed by atoms with van der Waals surface area (Å²) in [5.74, 6) is -1.38. The Bertz CT molecular complexity index is 420. The Labute approximate surface area is 122 Å². The SMILES string of the molecule is O=C(O)CN(CCOCCOc1ccccc1)CC(=O)O. The normalized spacial score (nSPS) is 10.5. The highest BCUT2D eigenvalue weighted by atomic mass is 16.5. The molecule has 0 unspecified atom stereocenters. The largest absolute Gasteiger partial charge is 0.491 e. The molecule has 2 N–H and O–H groups in total.